The first-order valence-electron chi connectivity index (χ1n) is 30.4. The Morgan fingerprint density at radius 2 is 0.500 bits per heavy atom. The van der Waals surface area contributed by atoms with Gasteiger partial charge < -0.3 is 18.9 Å². The molecule has 0 amide bonds. The molecule has 0 spiro atoms. The third-order valence-corrected chi connectivity index (χ3v) is 12.3. The van der Waals surface area contributed by atoms with Crippen LogP contribution in [0.25, 0.3) is 0 Å². The molecule has 0 atom stereocenters. The third-order valence-electron chi connectivity index (χ3n) is 12.3. The second-order valence-electron chi connectivity index (χ2n) is 22.7. The second-order valence-corrected chi connectivity index (χ2v) is 22.7. The van der Waals surface area contributed by atoms with Gasteiger partial charge in [0.2, 0.25) is 0 Å². The van der Waals surface area contributed by atoms with Crippen molar-refractivity contribution in [3.63, 3.8) is 0 Å². The maximum absolute atomic E-state index is 5.17. The lowest BCUT2D eigenvalue weighted by atomic mass is 9.84. The maximum atomic E-state index is 5.17. The van der Waals surface area contributed by atoms with Crippen LogP contribution < -0.4 is 0 Å². The van der Waals surface area contributed by atoms with E-state index in [1.165, 1.54) is 47.9 Å². The molecule has 0 bridgehead atoms. The fourth-order valence-corrected chi connectivity index (χ4v) is 6.64. The highest BCUT2D eigenvalue weighted by Gasteiger charge is 2.15. The van der Waals surface area contributed by atoms with Crippen LogP contribution in [0, 0.1) is 134 Å². The molecule has 1 aliphatic carbocycles. The first kappa shape index (κ1) is 78.6. The summed E-state index contributed by atoms with van der Waals surface area (Å²) >= 11 is 0. The summed E-state index contributed by atoms with van der Waals surface area (Å²) in [4.78, 5) is 27.9. The summed E-state index contributed by atoms with van der Waals surface area (Å²) < 4.78 is 20.7. The van der Waals surface area contributed by atoms with Gasteiger partial charge >= 0.3 is 0 Å². The second kappa shape index (κ2) is 46.7. The standard InChI is InChI=1S/C8H16.C8H10.2C7H9N.3C6H8N2.2C6H12O2.C5H7N3.C4H6N4/c2*1-7-3-5-8(2)6-4-7;2*1-6-3-4-7(2)8-5-6;2*1-5-3-7-6(2)8-4-5;1-5-3-4-6(2)8-7-5;2*1-5-3-7-6(2)8-4-5;1-4-3-6-5(2)8-7-4;1-3-5-7-4(2)8-6-3/h7-8H,3-6H2,1-2H3;3-6H,1-2H3;2*3-5H,1-2H3;3*3-4H,1-2H3;2*5-6H,3-4H2,1-2H3;3H,1-2H3;1-2H3. The van der Waals surface area contributed by atoms with Gasteiger partial charge in [0.05, 0.1) is 49.7 Å². The molecule has 0 N–H and O–H groups in total. The van der Waals surface area contributed by atoms with Crippen LogP contribution in [-0.2, 0) is 18.9 Å². The van der Waals surface area contributed by atoms with Crippen molar-refractivity contribution in [3.05, 3.63) is 195 Å². The zero-order valence-corrected chi connectivity index (χ0v) is 57.3. The van der Waals surface area contributed by atoms with E-state index in [0.717, 1.165) is 95.3 Å². The number of hydrogen-bond acceptors (Lipinski definition) is 19. The van der Waals surface area contributed by atoms with E-state index in [9.17, 15) is 0 Å². The predicted molar refractivity (Wildman–Crippen MR) is 352 cm³/mol. The molecule has 9 heterocycles. The number of aromatic nitrogens is 15. The van der Waals surface area contributed by atoms with Crippen LogP contribution in [0.4, 0.5) is 0 Å². The Morgan fingerprint density at radius 3 is 0.727 bits per heavy atom. The van der Waals surface area contributed by atoms with Gasteiger partial charge in [-0.15, -0.1) is 25.5 Å². The Bertz CT molecular complexity index is 2150. The van der Waals surface area contributed by atoms with Crippen molar-refractivity contribution >= 4 is 0 Å². The zero-order valence-electron chi connectivity index (χ0n) is 57.3. The minimum atomic E-state index is 0.0196. The molecule has 1 saturated carbocycles. The van der Waals surface area contributed by atoms with E-state index >= 15 is 0 Å². The number of nitrogens with zero attached hydrogens (tertiary/aromatic N) is 15. The van der Waals surface area contributed by atoms with Crippen LogP contribution >= 0.6 is 0 Å². The van der Waals surface area contributed by atoms with E-state index in [0.29, 0.717) is 23.5 Å². The molecule has 3 fully saturated rings. The Hall–Kier alpha value is -7.45. The van der Waals surface area contributed by atoms with Gasteiger partial charge in [-0.05, 0) is 183 Å². The van der Waals surface area contributed by atoms with Crippen LogP contribution in [0.1, 0.15) is 158 Å². The summed E-state index contributed by atoms with van der Waals surface area (Å²) in [7, 11) is 0. The monoisotopic (exact) mass is 1210 g/mol. The molecule has 2 aliphatic heterocycles. The minimum absolute atomic E-state index is 0.0196. The number of rotatable bonds is 0. The Labute approximate surface area is 528 Å². The lowest BCUT2D eigenvalue weighted by Crippen LogP contribution is -2.27. The van der Waals surface area contributed by atoms with Crippen molar-refractivity contribution in [1.82, 2.24) is 75.7 Å². The maximum Gasteiger partial charge on any atom is 0.170 e. The molecule has 3 aliphatic rings. The van der Waals surface area contributed by atoms with Crippen molar-refractivity contribution in [1.29, 1.82) is 0 Å². The Balaban J connectivity index is 0.000000484. The summed E-state index contributed by atoms with van der Waals surface area (Å²) in [6, 6.07) is 20.5. The molecule has 1 aromatic carbocycles. The molecule has 7 aromatic heterocycles. The lowest BCUT2D eigenvalue weighted by molar-refractivity contribution is -0.187. The van der Waals surface area contributed by atoms with Gasteiger partial charge in [-0.3, -0.25) is 9.97 Å². The van der Waals surface area contributed by atoms with Gasteiger partial charge in [0.25, 0.3) is 0 Å². The molecule has 0 unspecified atom stereocenters. The number of ether oxygens (including phenoxy) is 4. The summed E-state index contributed by atoms with van der Waals surface area (Å²) in [5.41, 5.74) is 12.3. The number of hydrogen-bond donors (Lipinski definition) is 0. The molecular formula is C69H105N15O4. The molecule has 19 nitrogen and oxygen atoms in total. The molecule has 8 aromatic rings. The van der Waals surface area contributed by atoms with E-state index in [-0.39, 0.29) is 12.6 Å². The van der Waals surface area contributed by atoms with Gasteiger partial charge in [-0.1, -0.05) is 101 Å². The first-order valence-corrected chi connectivity index (χ1v) is 30.4. The van der Waals surface area contributed by atoms with Crippen molar-refractivity contribution in [2.45, 2.75) is 191 Å². The van der Waals surface area contributed by atoms with Crippen LogP contribution in [-0.4, -0.2) is 115 Å². The van der Waals surface area contributed by atoms with E-state index in [1.54, 1.807) is 20.0 Å². The fourth-order valence-electron chi connectivity index (χ4n) is 6.64. The fraction of sp³-hybridized carbons (Fsp3) is 0.522. The number of pyridine rings is 2. The number of benzene rings is 1. The zero-order chi connectivity index (χ0) is 65.8. The van der Waals surface area contributed by atoms with Crippen molar-refractivity contribution in [3.8, 4) is 0 Å². The Morgan fingerprint density at radius 1 is 0.239 bits per heavy atom. The largest absolute Gasteiger partial charge is 0.353 e. The van der Waals surface area contributed by atoms with Gasteiger partial charge in [0.15, 0.2) is 24.2 Å². The highest BCUT2D eigenvalue weighted by atomic mass is 16.7. The van der Waals surface area contributed by atoms with Gasteiger partial charge in [0.1, 0.15) is 17.5 Å². The minimum Gasteiger partial charge on any atom is -0.353 e. The normalized spacial score (nSPS) is 17.6. The average Bonchev–Trinajstić information content (AvgIpc) is 3.51. The molecular weight excluding hydrogens is 1100 g/mol. The first-order chi connectivity index (χ1) is 41.7. The average molecular weight is 1210 g/mol. The smallest absolute Gasteiger partial charge is 0.170 e. The van der Waals surface area contributed by atoms with Crippen LogP contribution in [0.3, 0.4) is 0 Å². The highest BCUT2D eigenvalue weighted by molar-refractivity contribution is 5.19. The van der Waals surface area contributed by atoms with Gasteiger partial charge in [-0.25, -0.2) is 24.9 Å². The van der Waals surface area contributed by atoms with Crippen LogP contribution in [0.15, 0.2) is 104 Å². The van der Waals surface area contributed by atoms with E-state index in [4.69, 9.17) is 18.9 Å². The van der Waals surface area contributed by atoms with Crippen molar-refractivity contribution in [2.75, 3.05) is 26.4 Å². The summed E-state index contributed by atoms with van der Waals surface area (Å²) in [5.74, 6) is 6.78. The Kier molecular flexibility index (Phi) is 41.7. The van der Waals surface area contributed by atoms with Crippen LogP contribution in [0.2, 0.25) is 0 Å². The van der Waals surface area contributed by atoms with Crippen molar-refractivity contribution < 1.29 is 18.9 Å². The predicted octanol–water partition coefficient (Wildman–Crippen LogP) is 14.2. The van der Waals surface area contributed by atoms with Crippen molar-refractivity contribution in [2.24, 2.45) is 23.7 Å². The SMILES string of the molecule is CC1CCC(C)CC1.CC1COC(C)OC1.CC1COC(C)OC1.Cc1ccc(C)cc1.Cc1ccc(C)nc1.Cc1ccc(C)nc1.Cc1ccc(C)nn1.Cc1cnc(C)nc1.Cc1cnc(C)nc1.Cc1cnc(C)nn1.Cc1nnc(C)nn1. The topological polar surface area (TPSA) is 230 Å². The quantitative estimate of drug-likeness (QED) is 0.137. The third kappa shape index (κ3) is 44.9. The summed E-state index contributed by atoms with van der Waals surface area (Å²) in [5, 5.41) is 29.8. The molecule has 480 valence electrons. The lowest BCUT2D eigenvalue weighted by Gasteiger charge is -2.24. The van der Waals surface area contributed by atoms with E-state index in [2.05, 4.69) is 154 Å². The van der Waals surface area contributed by atoms with Gasteiger partial charge in [-0.2, -0.15) is 15.3 Å². The molecule has 0 radical (unpaired) electrons. The molecule has 88 heavy (non-hydrogen) atoms. The van der Waals surface area contributed by atoms with E-state index < -0.39 is 0 Å². The highest BCUT2D eigenvalue weighted by Crippen LogP contribution is 2.27. The molecule has 19 heteroatoms. The summed E-state index contributed by atoms with van der Waals surface area (Å²) in [6.45, 7) is 47.1. The van der Waals surface area contributed by atoms with Gasteiger partial charge in [0, 0.05) is 60.4 Å². The summed E-state index contributed by atoms with van der Waals surface area (Å²) in [6.07, 6.45) is 18.6. The van der Waals surface area contributed by atoms with E-state index in [1.807, 2.05) is 158 Å². The number of aryl methyl sites for hydroxylation is 16. The molecule has 2 saturated heterocycles. The molecule has 11 rings (SSSR count). The van der Waals surface area contributed by atoms with Crippen LogP contribution in [0.5, 0.6) is 0 Å².